The van der Waals surface area contributed by atoms with Crippen molar-refractivity contribution >= 4 is 33.7 Å². The van der Waals surface area contributed by atoms with Crippen LogP contribution in [0.25, 0.3) is 0 Å². The highest BCUT2D eigenvalue weighted by Crippen LogP contribution is 2.60. The van der Waals surface area contributed by atoms with Gasteiger partial charge in [-0.3, -0.25) is 14.4 Å². The molecule has 2 amide bonds. The number of rotatable bonds is 10. The molecule has 0 aliphatic carbocycles. The first-order valence-corrected chi connectivity index (χ1v) is 11.6. The molecule has 3 unspecified atom stereocenters. The number of carbonyl (C=O) groups excluding carboxylic acids is 3. The molecule has 3 rings (SSSR count). The molecule has 0 radical (unpaired) electrons. The smallest absolute Gasteiger partial charge is 0.312 e. The van der Waals surface area contributed by atoms with Crippen LogP contribution in [0.5, 0.6) is 0 Å². The molecule has 0 aromatic rings. The molecule has 0 aromatic heterocycles. The van der Waals surface area contributed by atoms with Gasteiger partial charge in [0, 0.05) is 30.6 Å². The number of carbonyl (C=O) groups is 3. The first-order valence-electron chi connectivity index (χ1n) is 10.7. The van der Waals surface area contributed by atoms with Gasteiger partial charge in [0.2, 0.25) is 11.8 Å². The van der Waals surface area contributed by atoms with Crippen LogP contribution in [-0.2, 0) is 23.9 Å². The summed E-state index contributed by atoms with van der Waals surface area (Å²) in [6.45, 7) is 11.6. The van der Waals surface area contributed by atoms with Crippen molar-refractivity contribution in [3.05, 3.63) is 25.3 Å². The zero-order valence-electron chi connectivity index (χ0n) is 18.0. The predicted molar refractivity (Wildman–Crippen MR) is 117 cm³/mol. The SMILES string of the molecule is C=CCOC(=O)[C@H]1[C@H]2C(=O)N(CCCO)C(C(=O)N(CC=C)C(C)C)C23CC(Br)[C@@H]1O3. The third kappa shape index (κ3) is 3.85. The van der Waals surface area contributed by atoms with E-state index < -0.39 is 35.6 Å². The molecule has 9 heteroatoms. The minimum absolute atomic E-state index is 0.0416. The van der Waals surface area contributed by atoms with E-state index in [-0.39, 0.29) is 42.4 Å². The monoisotopic (exact) mass is 498 g/mol. The Kier molecular flexibility index (Phi) is 7.28. The highest BCUT2D eigenvalue weighted by Gasteiger charge is 2.77. The van der Waals surface area contributed by atoms with Crippen LogP contribution in [0.2, 0.25) is 0 Å². The summed E-state index contributed by atoms with van der Waals surface area (Å²) >= 11 is 3.61. The number of alkyl halides is 1. The number of hydrogen-bond donors (Lipinski definition) is 1. The number of nitrogens with zero attached hydrogens (tertiary/aromatic N) is 2. The molecule has 31 heavy (non-hydrogen) atoms. The summed E-state index contributed by atoms with van der Waals surface area (Å²) in [5, 5.41) is 9.36. The third-order valence-electron chi connectivity index (χ3n) is 6.43. The van der Waals surface area contributed by atoms with Crippen molar-refractivity contribution in [2.75, 3.05) is 26.3 Å². The van der Waals surface area contributed by atoms with Crippen LogP contribution in [-0.4, -0.2) is 87.6 Å². The van der Waals surface area contributed by atoms with E-state index in [9.17, 15) is 19.5 Å². The lowest BCUT2D eigenvalue weighted by Gasteiger charge is -2.38. The van der Waals surface area contributed by atoms with Crippen molar-refractivity contribution in [3.63, 3.8) is 0 Å². The third-order valence-corrected chi connectivity index (χ3v) is 7.27. The van der Waals surface area contributed by atoms with Crippen molar-refractivity contribution in [1.29, 1.82) is 0 Å². The van der Waals surface area contributed by atoms with Gasteiger partial charge in [0.05, 0.1) is 17.9 Å². The van der Waals surface area contributed by atoms with Gasteiger partial charge in [-0.1, -0.05) is 34.7 Å². The average Bonchev–Trinajstić information content (AvgIpc) is 3.31. The van der Waals surface area contributed by atoms with Gasteiger partial charge in [-0.25, -0.2) is 0 Å². The van der Waals surface area contributed by atoms with E-state index in [0.717, 1.165) is 0 Å². The molecule has 3 aliphatic heterocycles. The van der Waals surface area contributed by atoms with Crippen molar-refractivity contribution in [1.82, 2.24) is 9.80 Å². The highest BCUT2D eigenvalue weighted by atomic mass is 79.9. The van der Waals surface area contributed by atoms with E-state index in [4.69, 9.17) is 9.47 Å². The van der Waals surface area contributed by atoms with Crippen molar-refractivity contribution in [2.24, 2.45) is 11.8 Å². The predicted octanol–water partition coefficient (Wildman–Crippen LogP) is 1.27. The number of halogens is 1. The largest absolute Gasteiger partial charge is 0.461 e. The van der Waals surface area contributed by atoms with E-state index in [1.54, 1.807) is 11.0 Å². The molecule has 3 aliphatic rings. The normalized spacial score (nSPS) is 33.5. The number of aliphatic hydroxyl groups is 1. The molecular weight excluding hydrogens is 468 g/mol. The lowest BCUT2D eigenvalue weighted by Crippen LogP contribution is -2.58. The first-order chi connectivity index (χ1) is 14.7. The zero-order valence-corrected chi connectivity index (χ0v) is 19.6. The lowest BCUT2D eigenvalue weighted by atomic mass is 9.70. The fraction of sp³-hybridized carbons (Fsp3) is 0.682. The molecule has 0 saturated carbocycles. The van der Waals surface area contributed by atoms with Gasteiger partial charge in [-0.15, -0.1) is 6.58 Å². The van der Waals surface area contributed by atoms with Gasteiger partial charge in [-0.05, 0) is 26.7 Å². The van der Waals surface area contributed by atoms with E-state index in [2.05, 4.69) is 29.1 Å². The fourth-order valence-corrected chi connectivity index (χ4v) is 6.19. The topological polar surface area (TPSA) is 96.4 Å². The minimum atomic E-state index is -1.12. The van der Waals surface area contributed by atoms with Crippen LogP contribution >= 0.6 is 15.9 Å². The number of fused-ring (bicyclic) bond motifs is 1. The van der Waals surface area contributed by atoms with Gasteiger partial charge in [-0.2, -0.15) is 0 Å². The number of aliphatic hydroxyl groups excluding tert-OH is 1. The van der Waals surface area contributed by atoms with Crippen molar-refractivity contribution < 1.29 is 29.0 Å². The van der Waals surface area contributed by atoms with Gasteiger partial charge < -0.3 is 24.4 Å². The summed E-state index contributed by atoms with van der Waals surface area (Å²) in [6, 6.07) is -0.983. The molecule has 3 saturated heterocycles. The number of likely N-dealkylation sites (tertiary alicyclic amines) is 1. The number of ether oxygens (including phenoxy) is 2. The molecule has 0 aromatic carbocycles. The Balaban J connectivity index is 2.04. The van der Waals surface area contributed by atoms with Crippen LogP contribution in [0.1, 0.15) is 26.7 Å². The Morgan fingerprint density at radius 1 is 1.42 bits per heavy atom. The van der Waals surface area contributed by atoms with Crippen LogP contribution in [0, 0.1) is 11.8 Å². The van der Waals surface area contributed by atoms with Crippen LogP contribution in [0.15, 0.2) is 25.3 Å². The molecule has 8 nitrogen and oxygen atoms in total. The Morgan fingerprint density at radius 3 is 2.71 bits per heavy atom. The average molecular weight is 499 g/mol. The molecule has 3 fully saturated rings. The van der Waals surface area contributed by atoms with Crippen molar-refractivity contribution in [2.45, 2.75) is 55.3 Å². The van der Waals surface area contributed by atoms with Crippen LogP contribution < -0.4 is 0 Å². The molecular formula is C22H31BrN2O6. The second-order valence-corrected chi connectivity index (χ2v) is 9.74. The maximum absolute atomic E-state index is 13.8. The first kappa shape index (κ1) is 23.9. The van der Waals surface area contributed by atoms with E-state index in [1.807, 2.05) is 13.8 Å². The zero-order chi connectivity index (χ0) is 22.9. The molecule has 172 valence electrons. The van der Waals surface area contributed by atoms with E-state index in [0.29, 0.717) is 19.4 Å². The molecule has 2 bridgehead atoms. The molecule has 1 spiro atoms. The molecule has 1 N–H and O–H groups in total. The van der Waals surface area contributed by atoms with E-state index >= 15 is 0 Å². The minimum Gasteiger partial charge on any atom is -0.461 e. The summed E-state index contributed by atoms with van der Waals surface area (Å²) in [4.78, 5) is 43.2. The molecule has 6 atom stereocenters. The van der Waals surface area contributed by atoms with Gasteiger partial charge in [0.25, 0.3) is 0 Å². The van der Waals surface area contributed by atoms with Crippen molar-refractivity contribution in [3.8, 4) is 0 Å². The van der Waals surface area contributed by atoms with Crippen LogP contribution in [0.3, 0.4) is 0 Å². The lowest BCUT2D eigenvalue weighted by molar-refractivity contribution is -0.154. The Bertz CT molecular complexity index is 758. The molecule has 3 heterocycles. The summed E-state index contributed by atoms with van der Waals surface area (Å²) < 4.78 is 11.6. The van der Waals surface area contributed by atoms with Gasteiger partial charge in [0.1, 0.15) is 18.2 Å². The number of hydrogen-bond acceptors (Lipinski definition) is 6. The van der Waals surface area contributed by atoms with E-state index in [1.165, 1.54) is 11.0 Å². The van der Waals surface area contributed by atoms with Crippen LogP contribution in [0.4, 0.5) is 0 Å². The maximum atomic E-state index is 13.8. The fourth-order valence-electron chi connectivity index (χ4n) is 5.25. The summed E-state index contributed by atoms with van der Waals surface area (Å²) in [5.41, 5.74) is -1.12. The maximum Gasteiger partial charge on any atom is 0.312 e. The van der Waals surface area contributed by atoms with Gasteiger partial charge >= 0.3 is 5.97 Å². The van der Waals surface area contributed by atoms with Gasteiger partial charge in [0.15, 0.2) is 0 Å². The summed E-state index contributed by atoms with van der Waals surface area (Å²) in [5.74, 6) is -2.64. The standard InChI is InChI=1S/C22H31BrN2O6/c1-5-8-24(13(3)4)20(28)18-22-12-14(23)17(31-22)15(21(29)30-11-6-2)16(22)19(27)25(18)9-7-10-26/h5-6,13-18,26H,1-2,7-12H2,3-4H3/t14?,15-,16-,17-,18?,22?/m0/s1. The Labute approximate surface area is 191 Å². The number of amides is 2. The number of esters is 1. The summed E-state index contributed by atoms with van der Waals surface area (Å²) in [7, 11) is 0. The second-order valence-electron chi connectivity index (χ2n) is 8.56. The quantitative estimate of drug-likeness (QED) is 0.276. The summed E-state index contributed by atoms with van der Waals surface area (Å²) in [6.07, 6.45) is 3.34. The Hall–Kier alpha value is -1.71. The highest BCUT2D eigenvalue weighted by molar-refractivity contribution is 9.09. The second kappa shape index (κ2) is 9.42. The Morgan fingerprint density at radius 2 is 2.13 bits per heavy atom.